The topological polar surface area (TPSA) is 34.1 Å². The first-order valence-corrected chi connectivity index (χ1v) is 11.7. The lowest BCUT2D eigenvalue weighted by molar-refractivity contribution is 0.577. The van der Waals surface area contributed by atoms with Crippen LogP contribution in [0.2, 0.25) is 0 Å². The molecule has 0 fully saturated rings. The maximum Gasteiger partial charge on any atom is 0.185 e. The highest BCUT2D eigenvalue weighted by Crippen LogP contribution is 2.44. The second-order valence-corrected chi connectivity index (χ2v) is 10.3. The predicted molar refractivity (Wildman–Crippen MR) is 118 cm³/mol. The van der Waals surface area contributed by atoms with Gasteiger partial charge in [-0.1, -0.05) is 64.5 Å². The van der Waals surface area contributed by atoms with Gasteiger partial charge in [0.05, 0.1) is 10.1 Å². The molecule has 2 atom stereocenters. The number of sulfone groups is 1. The smallest absolute Gasteiger partial charge is 0.185 e. The van der Waals surface area contributed by atoms with E-state index < -0.39 is 15.1 Å². The van der Waals surface area contributed by atoms with E-state index in [1.54, 1.807) is 24.3 Å². The largest absolute Gasteiger partial charge is 0.223 e. The Morgan fingerprint density at radius 3 is 2.24 bits per heavy atom. The minimum absolute atomic E-state index is 0.265. The monoisotopic (exact) mass is 470 g/mol. The van der Waals surface area contributed by atoms with Crippen molar-refractivity contribution < 1.29 is 12.8 Å². The Labute approximate surface area is 179 Å². The van der Waals surface area contributed by atoms with Crippen LogP contribution in [0.3, 0.4) is 0 Å². The van der Waals surface area contributed by atoms with Gasteiger partial charge in [0.25, 0.3) is 0 Å². The lowest BCUT2D eigenvalue weighted by Gasteiger charge is -2.21. The number of halogens is 2. The molecule has 5 heteroatoms. The van der Waals surface area contributed by atoms with E-state index in [0.717, 1.165) is 26.7 Å². The molecule has 3 aromatic rings. The summed E-state index contributed by atoms with van der Waals surface area (Å²) in [6.07, 6.45) is 2.46. The van der Waals surface area contributed by atoms with Crippen LogP contribution in [0.15, 0.2) is 88.2 Å². The molecule has 4 rings (SSSR count). The quantitative estimate of drug-likeness (QED) is 0.447. The van der Waals surface area contributed by atoms with Crippen molar-refractivity contribution >= 4 is 31.3 Å². The average molecular weight is 471 g/mol. The number of hydrogen-bond donors (Lipinski definition) is 0. The van der Waals surface area contributed by atoms with Gasteiger partial charge in [0.2, 0.25) is 0 Å². The molecule has 0 saturated carbocycles. The van der Waals surface area contributed by atoms with Crippen LogP contribution in [0.25, 0.3) is 5.57 Å². The fourth-order valence-corrected chi connectivity index (χ4v) is 6.33. The normalized spacial score (nSPS) is 19.2. The summed E-state index contributed by atoms with van der Waals surface area (Å²) in [5.41, 5.74) is 3.56. The maximum absolute atomic E-state index is 13.6. The molecule has 0 radical (unpaired) electrons. The number of allylic oxidation sites excluding steroid dienone is 1. The molecule has 2 unspecified atom stereocenters. The van der Waals surface area contributed by atoms with Gasteiger partial charge in [0.15, 0.2) is 9.84 Å². The summed E-state index contributed by atoms with van der Waals surface area (Å²) in [6, 6.07) is 21.1. The zero-order valence-corrected chi connectivity index (χ0v) is 18.3. The molecule has 0 N–H and O–H groups in total. The Morgan fingerprint density at radius 1 is 0.931 bits per heavy atom. The van der Waals surface area contributed by atoms with Crippen molar-refractivity contribution in [2.24, 2.45) is 0 Å². The molecule has 148 valence electrons. The Hall–Kier alpha value is -2.24. The zero-order valence-electron chi connectivity index (χ0n) is 15.8. The first kappa shape index (κ1) is 20.0. The summed E-state index contributed by atoms with van der Waals surface area (Å²) < 4.78 is 41.7. The second-order valence-electron chi connectivity index (χ2n) is 7.34. The molecule has 0 aliphatic heterocycles. The minimum atomic E-state index is -3.61. The lowest BCUT2D eigenvalue weighted by Crippen LogP contribution is -2.24. The third-order valence-corrected chi connectivity index (χ3v) is 8.25. The van der Waals surface area contributed by atoms with Crippen LogP contribution in [0.4, 0.5) is 4.39 Å². The predicted octanol–water partition coefficient (Wildman–Crippen LogP) is 6.31. The van der Waals surface area contributed by atoms with Crippen molar-refractivity contribution in [2.75, 3.05) is 0 Å². The maximum atomic E-state index is 13.6. The number of hydrogen-bond acceptors (Lipinski definition) is 2. The Balaban J connectivity index is 1.82. The first-order chi connectivity index (χ1) is 13.9. The molecule has 0 saturated heterocycles. The van der Waals surface area contributed by atoms with Crippen molar-refractivity contribution in [2.45, 2.75) is 29.4 Å². The van der Waals surface area contributed by atoms with Gasteiger partial charge < -0.3 is 0 Å². The standard InChI is InChI=1S/C24H20BrFO2S/c1-16-4-2-3-5-23(16)29(27,28)24-15-19(17-6-10-20(25)11-7-17)14-22(24)18-8-12-21(26)13-9-18/h2-13,15,22,24H,14H2,1H3. The highest BCUT2D eigenvalue weighted by atomic mass is 79.9. The molecule has 0 amide bonds. The van der Waals surface area contributed by atoms with Gasteiger partial charge in [-0.3, -0.25) is 0 Å². The van der Waals surface area contributed by atoms with E-state index in [1.807, 2.05) is 49.4 Å². The summed E-state index contributed by atoms with van der Waals surface area (Å²) >= 11 is 3.44. The van der Waals surface area contributed by atoms with Crippen molar-refractivity contribution in [3.8, 4) is 0 Å². The molecule has 1 aliphatic carbocycles. The summed E-state index contributed by atoms with van der Waals surface area (Å²) in [5, 5.41) is -0.701. The molecule has 0 aromatic heterocycles. The average Bonchev–Trinajstić information content (AvgIpc) is 3.15. The molecule has 2 nitrogen and oxygen atoms in total. The van der Waals surface area contributed by atoms with Gasteiger partial charge in [-0.15, -0.1) is 0 Å². The van der Waals surface area contributed by atoms with Crippen molar-refractivity contribution in [1.82, 2.24) is 0 Å². The molecule has 29 heavy (non-hydrogen) atoms. The Morgan fingerprint density at radius 2 is 1.59 bits per heavy atom. The third kappa shape index (κ3) is 3.94. The molecule has 1 aliphatic rings. The van der Waals surface area contributed by atoms with Crippen molar-refractivity contribution in [1.29, 1.82) is 0 Å². The van der Waals surface area contributed by atoms with Gasteiger partial charge in [-0.05, 0) is 65.9 Å². The summed E-state index contributed by atoms with van der Waals surface area (Å²) in [5.74, 6) is -0.593. The minimum Gasteiger partial charge on any atom is -0.223 e. The Bertz CT molecular complexity index is 1170. The fourth-order valence-electron chi connectivity index (χ4n) is 3.96. The van der Waals surface area contributed by atoms with E-state index >= 15 is 0 Å². The van der Waals surface area contributed by atoms with Crippen LogP contribution >= 0.6 is 15.9 Å². The lowest BCUT2D eigenvalue weighted by atomic mass is 9.94. The van der Waals surface area contributed by atoms with Crippen LogP contribution in [0.1, 0.15) is 29.0 Å². The van der Waals surface area contributed by atoms with E-state index in [4.69, 9.17) is 0 Å². The molecular weight excluding hydrogens is 451 g/mol. The summed E-state index contributed by atoms with van der Waals surface area (Å²) in [7, 11) is -3.61. The Kier molecular flexibility index (Phi) is 5.45. The summed E-state index contributed by atoms with van der Waals surface area (Å²) in [4.78, 5) is 0.352. The fraction of sp³-hybridized carbons (Fsp3) is 0.167. The van der Waals surface area contributed by atoms with Crippen LogP contribution in [0, 0.1) is 12.7 Å². The molecule has 0 heterocycles. The van der Waals surface area contributed by atoms with Gasteiger partial charge in [-0.2, -0.15) is 0 Å². The van der Waals surface area contributed by atoms with Crippen LogP contribution in [0.5, 0.6) is 0 Å². The van der Waals surface area contributed by atoms with Gasteiger partial charge in [0.1, 0.15) is 5.82 Å². The number of benzene rings is 3. The molecule has 3 aromatic carbocycles. The second kappa shape index (κ2) is 7.88. The van der Waals surface area contributed by atoms with Gasteiger partial charge in [0, 0.05) is 10.4 Å². The number of rotatable bonds is 4. The zero-order chi connectivity index (χ0) is 20.6. The third-order valence-electron chi connectivity index (χ3n) is 5.47. The van der Waals surface area contributed by atoms with E-state index in [9.17, 15) is 12.8 Å². The van der Waals surface area contributed by atoms with Crippen molar-refractivity contribution in [3.63, 3.8) is 0 Å². The van der Waals surface area contributed by atoms with Crippen LogP contribution in [-0.4, -0.2) is 13.7 Å². The van der Waals surface area contributed by atoms with Crippen LogP contribution < -0.4 is 0 Å². The highest BCUT2D eigenvalue weighted by Gasteiger charge is 2.39. The van der Waals surface area contributed by atoms with E-state index in [0.29, 0.717) is 11.3 Å². The van der Waals surface area contributed by atoms with E-state index in [2.05, 4.69) is 15.9 Å². The van der Waals surface area contributed by atoms with E-state index in [-0.39, 0.29) is 11.7 Å². The highest BCUT2D eigenvalue weighted by molar-refractivity contribution is 9.10. The molecular formula is C24H20BrFO2S. The van der Waals surface area contributed by atoms with Crippen LogP contribution in [-0.2, 0) is 9.84 Å². The first-order valence-electron chi connectivity index (χ1n) is 9.38. The SMILES string of the molecule is Cc1ccccc1S(=O)(=O)C1C=C(c2ccc(Br)cc2)CC1c1ccc(F)cc1. The summed E-state index contributed by atoms with van der Waals surface area (Å²) in [6.45, 7) is 1.81. The number of aryl methyl sites for hydroxylation is 1. The van der Waals surface area contributed by atoms with Gasteiger partial charge >= 0.3 is 0 Å². The van der Waals surface area contributed by atoms with E-state index in [1.165, 1.54) is 12.1 Å². The molecule has 0 spiro atoms. The molecule has 0 bridgehead atoms. The van der Waals surface area contributed by atoms with Gasteiger partial charge in [-0.25, -0.2) is 12.8 Å². The van der Waals surface area contributed by atoms with Crippen molar-refractivity contribution in [3.05, 3.63) is 106 Å².